The first kappa shape index (κ1) is 10.3. The van der Waals surface area contributed by atoms with Gasteiger partial charge in [-0.1, -0.05) is 24.3 Å². The largest absolute Gasteiger partial charge is 0.312 e. The number of rotatable bonds is 2. The summed E-state index contributed by atoms with van der Waals surface area (Å²) < 4.78 is 0. The predicted molar refractivity (Wildman–Crippen MR) is 66.5 cm³/mol. The SMILES string of the molecule is CN[C@H]1c2ccccc2C[C@@H]1N1CCCC1. The molecule has 86 valence electrons. The average Bonchev–Trinajstić information content (AvgIpc) is 2.95. The summed E-state index contributed by atoms with van der Waals surface area (Å²) in [6, 6.07) is 10.1. The Labute approximate surface area is 97.6 Å². The van der Waals surface area contributed by atoms with Crippen LogP contribution in [0.3, 0.4) is 0 Å². The molecule has 3 rings (SSSR count). The van der Waals surface area contributed by atoms with E-state index in [1.54, 1.807) is 5.56 Å². The highest BCUT2D eigenvalue weighted by Gasteiger charge is 2.35. The number of nitrogens with zero attached hydrogens (tertiary/aromatic N) is 1. The molecule has 1 aromatic carbocycles. The molecular formula is C14H20N2. The molecule has 0 spiro atoms. The minimum Gasteiger partial charge on any atom is -0.312 e. The summed E-state index contributed by atoms with van der Waals surface area (Å²) >= 11 is 0. The summed E-state index contributed by atoms with van der Waals surface area (Å²) in [5.41, 5.74) is 3.06. The second-order valence-corrected chi connectivity index (χ2v) is 4.98. The van der Waals surface area contributed by atoms with Crippen molar-refractivity contribution in [3.05, 3.63) is 35.4 Å². The number of likely N-dealkylation sites (N-methyl/N-ethyl adjacent to an activating group) is 1. The van der Waals surface area contributed by atoms with E-state index >= 15 is 0 Å². The van der Waals surface area contributed by atoms with Crippen LogP contribution in [0.4, 0.5) is 0 Å². The molecule has 2 aliphatic rings. The van der Waals surface area contributed by atoms with Crippen molar-refractivity contribution < 1.29 is 0 Å². The van der Waals surface area contributed by atoms with Crippen LogP contribution < -0.4 is 5.32 Å². The van der Waals surface area contributed by atoms with Gasteiger partial charge in [0.15, 0.2) is 0 Å². The zero-order valence-corrected chi connectivity index (χ0v) is 9.95. The third-order valence-corrected chi connectivity index (χ3v) is 4.12. The molecule has 0 unspecified atom stereocenters. The molecule has 0 aromatic heterocycles. The van der Waals surface area contributed by atoms with Crippen LogP contribution in [0.5, 0.6) is 0 Å². The summed E-state index contributed by atoms with van der Waals surface area (Å²) in [7, 11) is 2.09. The fourth-order valence-corrected chi connectivity index (χ4v) is 3.33. The first-order chi connectivity index (χ1) is 7.90. The maximum Gasteiger partial charge on any atom is 0.0481 e. The van der Waals surface area contributed by atoms with Gasteiger partial charge in [0.1, 0.15) is 0 Å². The summed E-state index contributed by atoms with van der Waals surface area (Å²) in [5, 5.41) is 3.51. The fraction of sp³-hybridized carbons (Fsp3) is 0.571. The summed E-state index contributed by atoms with van der Waals surface area (Å²) in [6.07, 6.45) is 3.98. The normalized spacial score (nSPS) is 29.6. The Hall–Kier alpha value is -0.860. The maximum atomic E-state index is 3.51. The lowest BCUT2D eigenvalue weighted by Gasteiger charge is -2.29. The van der Waals surface area contributed by atoms with Gasteiger partial charge < -0.3 is 5.32 Å². The lowest BCUT2D eigenvalue weighted by Crippen LogP contribution is -2.40. The van der Waals surface area contributed by atoms with Crippen molar-refractivity contribution in [2.75, 3.05) is 20.1 Å². The zero-order valence-electron chi connectivity index (χ0n) is 9.95. The standard InChI is InChI=1S/C14H20N2/c1-15-14-12-7-3-2-6-11(12)10-13(14)16-8-4-5-9-16/h2-3,6-7,13-15H,4-5,8-10H2,1H3/t13-,14-/m0/s1. The van der Waals surface area contributed by atoms with Gasteiger partial charge in [-0.3, -0.25) is 4.90 Å². The average molecular weight is 216 g/mol. The van der Waals surface area contributed by atoms with E-state index in [-0.39, 0.29) is 0 Å². The highest BCUT2D eigenvalue weighted by atomic mass is 15.2. The van der Waals surface area contributed by atoms with E-state index in [9.17, 15) is 0 Å². The summed E-state index contributed by atoms with van der Waals surface area (Å²) in [5.74, 6) is 0. The lowest BCUT2D eigenvalue weighted by atomic mass is 10.1. The Morgan fingerprint density at radius 3 is 2.69 bits per heavy atom. The Bertz CT molecular complexity index is 369. The van der Waals surface area contributed by atoms with Crippen LogP contribution in [-0.4, -0.2) is 31.1 Å². The number of hydrogen-bond acceptors (Lipinski definition) is 2. The van der Waals surface area contributed by atoms with Crippen LogP contribution in [0.2, 0.25) is 0 Å². The van der Waals surface area contributed by atoms with Gasteiger partial charge in [0, 0.05) is 12.1 Å². The zero-order chi connectivity index (χ0) is 11.0. The predicted octanol–water partition coefficient (Wildman–Crippen LogP) is 1.97. The van der Waals surface area contributed by atoms with E-state index in [4.69, 9.17) is 0 Å². The van der Waals surface area contributed by atoms with Gasteiger partial charge >= 0.3 is 0 Å². The molecule has 1 aromatic rings. The molecule has 1 fully saturated rings. The lowest BCUT2D eigenvalue weighted by molar-refractivity contribution is 0.208. The van der Waals surface area contributed by atoms with Crippen LogP contribution >= 0.6 is 0 Å². The van der Waals surface area contributed by atoms with Gasteiger partial charge in [0.25, 0.3) is 0 Å². The van der Waals surface area contributed by atoms with Crippen molar-refractivity contribution in [2.45, 2.75) is 31.3 Å². The van der Waals surface area contributed by atoms with Gasteiger partial charge in [-0.05, 0) is 50.5 Å². The van der Waals surface area contributed by atoms with E-state index in [1.807, 2.05) is 0 Å². The molecule has 1 aliphatic heterocycles. The molecule has 1 aliphatic carbocycles. The molecule has 0 radical (unpaired) electrons. The second-order valence-electron chi connectivity index (χ2n) is 4.98. The minimum atomic E-state index is 0.536. The maximum absolute atomic E-state index is 3.51. The van der Waals surface area contributed by atoms with Crippen molar-refractivity contribution >= 4 is 0 Å². The van der Waals surface area contributed by atoms with Gasteiger partial charge in [-0.2, -0.15) is 0 Å². The van der Waals surface area contributed by atoms with Crippen LogP contribution in [0.1, 0.15) is 30.0 Å². The highest BCUT2D eigenvalue weighted by Crippen LogP contribution is 2.35. The van der Waals surface area contributed by atoms with Gasteiger partial charge in [0.2, 0.25) is 0 Å². The van der Waals surface area contributed by atoms with Crippen LogP contribution in [0, 0.1) is 0 Å². The number of hydrogen-bond donors (Lipinski definition) is 1. The van der Waals surface area contributed by atoms with Crippen LogP contribution in [0.15, 0.2) is 24.3 Å². The van der Waals surface area contributed by atoms with Gasteiger partial charge in [-0.25, -0.2) is 0 Å². The van der Waals surface area contributed by atoms with E-state index in [0.29, 0.717) is 12.1 Å². The van der Waals surface area contributed by atoms with E-state index < -0.39 is 0 Å². The molecule has 0 saturated carbocycles. The highest BCUT2D eigenvalue weighted by molar-refractivity contribution is 5.37. The molecule has 0 amide bonds. The van der Waals surface area contributed by atoms with Crippen molar-refractivity contribution in [1.82, 2.24) is 10.2 Å². The number of nitrogens with one attached hydrogen (secondary N) is 1. The van der Waals surface area contributed by atoms with Crippen molar-refractivity contribution in [1.29, 1.82) is 0 Å². The van der Waals surface area contributed by atoms with E-state index in [0.717, 1.165) is 0 Å². The summed E-state index contributed by atoms with van der Waals surface area (Å²) in [6.45, 7) is 2.58. The van der Waals surface area contributed by atoms with E-state index in [1.165, 1.54) is 37.9 Å². The molecule has 2 heteroatoms. The molecule has 16 heavy (non-hydrogen) atoms. The second kappa shape index (κ2) is 4.19. The Balaban J connectivity index is 1.88. The molecular weight excluding hydrogens is 196 g/mol. The smallest absolute Gasteiger partial charge is 0.0481 e. The Morgan fingerprint density at radius 2 is 1.94 bits per heavy atom. The first-order valence-corrected chi connectivity index (χ1v) is 6.39. The minimum absolute atomic E-state index is 0.536. The molecule has 0 bridgehead atoms. The molecule has 1 N–H and O–H groups in total. The third kappa shape index (κ3) is 1.57. The number of likely N-dealkylation sites (tertiary alicyclic amines) is 1. The first-order valence-electron chi connectivity index (χ1n) is 6.39. The quantitative estimate of drug-likeness (QED) is 0.813. The molecule has 2 atom stereocenters. The van der Waals surface area contributed by atoms with Crippen LogP contribution in [-0.2, 0) is 6.42 Å². The summed E-state index contributed by atoms with van der Waals surface area (Å²) in [4.78, 5) is 2.67. The third-order valence-electron chi connectivity index (χ3n) is 4.12. The van der Waals surface area contributed by atoms with Crippen molar-refractivity contribution in [3.8, 4) is 0 Å². The monoisotopic (exact) mass is 216 g/mol. The van der Waals surface area contributed by atoms with Crippen LogP contribution in [0.25, 0.3) is 0 Å². The van der Waals surface area contributed by atoms with Gasteiger partial charge in [0.05, 0.1) is 0 Å². The fourth-order valence-electron chi connectivity index (χ4n) is 3.33. The Morgan fingerprint density at radius 1 is 1.19 bits per heavy atom. The number of benzene rings is 1. The Kier molecular flexibility index (Phi) is 2.70. The van der Waals surface area contributed by atoms with Crippen molar-refractivity contribution in [3.63, 3.8) is 0 Å². The van der Waals surface area contributed by atoms with Gasteiger partial charge in [-0.15, -0.1) is 0 Å². The van der Waals surface area contributed by atoms with Crippen molar-refractivity contribution in [2.24, 2.45) is 0 Å². The number of fused-ring (bicyclic) bond motifs is 1. The molecule has 1 saturated heterocycles. The van der Waals surface area contributed by atoms with E-state index in [2.05, 4.69) is 41.5 Å². The molecule has 1 heterocycles. The topological polar surface area (TPSA) is 15.3 Å². The molecule has 2 nitrogen and oxygen atoms in total.